The molecule has 8 nitrogen and oxygen atoms in total. The van der Waals surface area contributed by atoms with Crippen molar-refractivity contribution in [1.82, 2.24) is 0 Å². The van der Waals surface area contributed by atoms with Crippen LogP contribution in [0.3, 0.4) is 0 Å². The summed E-state index contributed by atoms with van der Waals surface area (Å²) in [7, 11) is -2.06. The molecule has 0 aliphatic carbocycles. The van der Waals surface area contributed by atoms with Crippen molar-refractivity contribution in [3.05, 3.63) is 84.3 Å². The van der Waals surface area contributed by atoms with Crippen LogP contribution in [0.1, 0.15) is 16.3 Å². The number of nitrogens with one attached hydrogen (secondary N) is 2. The maximum Gasteiger partial charge on any atom is 0.291 e. The van der Waals surface area contributed by atoms with Gasteiger partial charge < -0.3 is 19.2 Å². The third-order valence-electron chi connectivity index (χ3n) is 4.74. The van der Waals surface area contributed by atoms with E-state index in [-0.39, 0.29) is 23.8 Å². The average Bonchev–Trinajstić information content (AvgIpc) is 3.27. The average molecular weight is 467 g/mol. The minimum Gasteiger partial charge on any atom is -0.494 e. The van der Waals surface area contributed by atoms with Gasteiger partial charge in [0.25, 0.3) is 5.91 Å². The van der Waals surface area contributed by atoms with Crippen LogP contribution in [0.5, 0.6) is 11.5 Å². The van der Waals surface area contributed by atoms with Crippen molar-refractivity contribution in [2.75, 3.05) is 23.4 Å². The van der Waals surface area contributed by atoms with Gasteiger partial charge in [0.05, 0.1) is 19.1 Å². The van der Waals surface area contributed by atoms with Gasteiger partial charge in [0.15, 0.2) is 5.76 Å². The molecule has 1 heterocycles. The summed E-state index contributed by atoms with van der Waals surface area (Å²) >= 11 is 0. The number of sulfonamides is 1. The number of amides is 1. The Labute approximate surface area is 191 Å². The molecule has 0 aliphatic rings. The van der Waals surface area contributed by atoms with Crippen molar-refractivity contribution in [3.8, 4) is 11.5 Å². The van der Waals surface area contributed by atoms with E-state index in [4.69, 9.17) is 13.9 Å². The number of furan rings is 1. The number of rotatable bonds is 8. The summed E-state index contributed by atoms with van der Waals surface area (Å²) in [5.41, 5.74) is 0.686. The quantitative estimate of drug-likeness (QED) is 0.392. The van der Waals surface area contributed by atoms with Crippen LogP contribution in [0.4, 0.5) is 11.4 Å². The van der Waals surface area contributed by atoms with E-state index in [9.17, 15) is 13.2 Å². The van der Waals surface area contributed by atoms with Crippen molar-refractivity contribution in [1.29, 1.82) is 0 Å². The number of fused-ring (bicyclic) bond motifs is 1. The summed E-state index contributed by atoms with van der Waals surface area (Å²) < 4.78 is 41.9. The Bertz CT molecular complexity index is 1410. The largest absolute Gasteiger partial charge is 0.494 e. The highest BCUT2D eigenvalue weighted by Crippen LogP contribution is 2.29. The lowest BCUT2D eigenvalue weighted by molar-refractivity contribution is 0.0992. The zero-order valence-corrected chi connectivity index (χ0v) is 18.8. The van der Waals surface area contributed by atoms with E-state index in [1.165, 1.54) is 19.2 Å². The standard InChI is InChI=1S/C24H22N2O6S/c1-30-23-14-18(8-11-21(23)26-33(2,28)29)25-24(27)22-12-10-20(32-22)15-31-19-9-7-16-5-3-4-6-17(16)13-19/h3-14,26H,15H2,1-2H3,(H,25,27). The monoisotopic (exact) mass is 466 g/mol. The molecule has 3 aromatic carbocycles. The van der Waals surface area contributed by atoms with Crippen molar-refractivity contribution in [2.24, 2.45) is 0 Å². The molecular weight excluding hydrogens is 444 g/mol. The molecule has 0 unspecified atom stereocenters. The van der Waals surface area contributed by atoms with Crippen LogP contribution in [0, 0.1) is 0 Å². The summed E-state index contributed by atoms with van der Waals surface area (Å²) in [4.78, 5) is 12.6. The van der Waals surface area contributed by atoms with E-state index in [0.29, 0.717) is 17.2 Å². The zero-order valence-electron chi connectivity index (χ0n) is 18.0. The first-order valence-corrected chi connectivity index (χ1v) is 11.9. The van der Waals surface area contributed by atoms with E-state index >= 15 is 0 Å². The van der Waals surface area contributed by atoms with E-state index in [0.717, 1.165) is 17.0 Å². The second-order valence-electron chi connectivity index (χ2n) is 7.31. The molecule has 4 aromatic rings. The summed E-state index contributed by atoms with van der Waals surface area (Å²) in [5, 5.41) is 4.90. The van der Waals surface area contributed by atoms with Crippen molar-refractivity contribution in [2.45, 2.75) is 6.61 Å². The highest BCUT2D eigenvalue weighted by atomic mass is 32.2. The fourth-order valence-corrected chi connectivity index (χ4v) is 3.80. The molecule has 0 radical (unpaired) electrons. The molecule has 2 N–H and O–H groups in total. The van der Waals surface area contributed by atoms with Gasteiger partial charge in [0.1, 0.15) is 23.9 Å². The Kier molecular flexibility index (Phi) is 6.23. The lowest BCUT2D eigenvalue weighted by atomic mass is 10.1. The van der Waals surface area contributed by atoms with Gasteiger partial charge in [-0.05, 0) is 47.2 Å². The molecule has 0 atom stereocenters. The second kappa shape index (κ2) is 9.25. The van der Waals surface area contributed by atoms with Crippen LogP contribution in [0.25, 0.3) is 10.8 Å². The molecule has 170 valence electrons. The summed E-state index contributed by atoms with van der Waals surface area (Å²) in [6.45, 7) is 0.172. The van der Waals surface area contributed by atoms with Gasteiger partial charge in [-0.1, -0.05) is 30.3 Å². The molecule has 1 amide bonds. The summed E-state index contributed by atoms with van der Waals surface area (Å²) in [6.07, 6.45) is 1.04. The van der Waals surface area contributed by atoms with Gasteiger partial charge >= 0.3 is 0 Å². The van der Waals surface area contributed by atoms with E-state index in [1.54, 1.807) is 18.2 Å². The molecule has 4 rings (SSSR count). The minimum absolute atomic E-state index is 0.115. The molecule has 0 saturated heterocycles. The van der Waals surface area contributed by atoms with Gasteiger partial charge in [0.2, 0.25) is 10.0 Å². The van der Waals surface area contributed by atoms with E-state index in [2.05, 4.69) is 10.0 Å². The first-order valence-electron chi connectivity index (χ1n) is 9.98. The number of carbonyl (C=O) groups excluding carboxylic acids is 1. The molecule has 9 heteroatoms. The third-order valence-corrected chi connectivity index (χ3v) is 5.33. The first-order chi connectivity index (χ1) is 15.8. The highest BCUT2D eigenvalue weighted by molar-refractivity contribution is 7.92. The van der Waals surface area contributed by atoms with Gasteiger partial charge in [0, 0.05) is 11.8 Å². The van der Waals surface area contributed by atoms with Gasteiger partial charge in [-0.25, -0.2) is 8.42 Å². The Balaban J connectivity index is 1.40. The number of hydrogen-bond donors (Lipinski definition) is 2. The molecule has 0 spiro atoms. The van der Waals surface area contributed by atoms with Crippen LogP contribution in [0.2, 0.25) is 0 Å². The van der Waals surface area contributed by atoms with Crippen molar-refractivity contribution >= 4 is 38.1 Å². The number of ether oxygens (including phenoxy) is 2. The van der Waals surface area contributed by atoms with Gasteiger partial charge in [-0.15, -0.1) is 0 Å². The Morgan fingerprint density at radius 1 is 0.970 bits per heavy atom. The molecular formula is C24H22N2O6S. The number of benzene rings is 3. The molecule has 1 aromatic heterocycles. The zero-order chi connectivity index (χ0) is 23.4. The predicted octanol–water partition coefficient (Wildman–Crippen LogP) is 4.64. The Hall–Kier alpha value is -3.98. The molecule has 33 heavy (non-hydrogen) atoms. The topological polar surface area (TPSA) is 107 Å². The van der Waals surface area contributed by atoms with E-state index < -0.39 is 15.9 Å². The summed E-state index contributed by atoms with van der Waals surface area (Å²) in [5.74, 6) is 1.12. The number of methoxy groups -OCH3 is 1. The number of anilines is 2. The predicted molar refractivity (Wildman–Crippen MR) is 126 cm³/mol. The summed E-state index contributed by atoms with van der Waals surface area (Å²) in [6, 6.07) is 21.6. The van der Waals surface area contributed by atoms with Gasteiger partial charge in [-0.3, -0.25) is 9.52 Å². The lowest BCUT2D eigenvalue weighted by Crippen LogP contribution is -2.13. The van der Waals surface area contributed by atoms with Crippen molar-refractivity contribution < 1.29 is 27.1 Å². The molecule has 0 fully saturated rings. The van der Waals surface area contributed by atoms with Crippen LogP contribution >= 0.6 is 0 Å². The normalized spacial score (nSPS) is 11.2. The van der Waals surface area contributed by atoms with E-state index in [1.807, 2.05) is 42.5 Å². The smallest absolute Gasteiger partial charge is 0.291 e. The first kappa shape index (κ1) is 22.2. The van der Waals surface area contributed by atoms with Gasteiger partial charge in [-0.2, -0.15) is 0 Å². The number of hydrogen-bond acceptors (Lipinski definition) is 6. The number of carbonyl (C=O) groups is 1. The molecule has 0 saturated carbocycles. The fourth-order valence-electron chi connectivity index (χ4n) is 3.23. The fraction of sp³-hybridized carbons (Fsp3) is 0.125. The van der Waals surface area contributed by atoms with Crippen LogP contribution in [-0.2, 0) is 16.6 Å². The van der Waals surface area contributed by atoms with Crippen LogP contribution in [-0.4, -0.2) is 27.7 Å². The Morgan fingerprint density at radius 3 is 2.52 bits per heavy atom. The highest BCUT2D eigenvalue weighted by Gasteiger charge is 2.14. The maximum atomic E-state index is 12.6. The maximum absolute atomic E-state index is 12.6. The molecule has 0 bridgehead atoms. The van der Waals surface area contributed by atoms with Crippen molar-refractivity contribution in [3.63, 3.8) is 0 Å². The minimum atomic E-state index is -3.47. The van der Waals surface area contributed by atoms with Crippen LogP contribution < -0.4 is 19.5 Å². The lowest BCUT2D eigenvalue weighted by Gasteiger charge is -2.12. The SMILES string of the molecule is COc1cc(NC(=O)c2ccc(COc3ccc4ccccc4c3)o2)ccc1NS(C)(=O)=O. The Morgan fingerprint density at radius 2 is 1.76 bits per heavy atom. The second-order valence-corrected chi connectivity index (χ2v) is 9.06. The van der Waals surface area contributed by atoms with Crippen LogP contribution in [0.15, 0.2) is 77.2 Å². The third kappa shape index (κ3) is 5.64. The molecule has 0 aliphatic heterocycles.